The molecule has 14 N–H and O–H groups in total. The first-order chi connectivity index (χ1) is 41.3. The summed E-state index contributed by atoms with van der Waals surface area (Å²) < 4.78 is 16.5. The Kier molecular flexibility index (Phi) is 32.8. The van der Waals surface area contributed by atoms with Crippen molar-refractivity contribution < 1.29 is 88.0 Å². The van der Waals surface area contributed by atoms with E-state index in [-0.39, 0.29) is 148 Å². The molecular formula is C55H84N14O18. The van der Waals surface area contributed by atoms with E-state index >= 15 is 0 Å². The van der Waals surface area contributed by atoms with E-state index in [1.807, 2.05) is 11.9 Å². The van der Waals surface area contributed by atoms with E-state index in [0.717, 1.165) is 26.5 Å². The maximum absolute atomic E-state index is 13.9. The van der Waals surface area contributed by atoms with Crippen molar-refractivity contribution >= 4 is 87.4 Å². The van der Waals surface area contributed by atoms with Gasteiger partial charge in [0.1, 0.15) is 5.78 Å². The van der Waals surface area contributed by atoms with Gasteiger partial charge in [-0.25, -0.2) is 25.2 Å². The summed E-state index contributed by atoms with van der Waals surface area (Å²) in [7, 11) is 1.81. The third-order valence-electron chi connectivity index (χ3n) is 13.6. The van der Waals surface area contributed by atoms with Gasteiger partial charge in [0.2, 0.25) is 41.4 Å². The molecule has 0 saturated heterocycles. The number of anilines is 3. The molecule has 0 bridgehead atoms. The number of fused-ring (bicyclic) bond motifs is 1. The molecule has 6 amide bonds. The summed E-state index contributed by atoms with van der Waals surface area (Å²) in [5.74, 6) is -10.0. The highest BCUT2D eigenvalue weighted by Gasteiger charge is 2.32. The van der Waals surface area contributed by atoms with Gasteiger partial charge in [-0.05, 0) is 69.2 Å². The zero-order valence-electron chi connectivity index (χ0n) is 49.6. The highest BCUT2D eigenvalue weighted by molar-refractivity contribution is 5.98. The Bertz CT molecular complexity index is 2760. The fourth-order valence-corrected chi connectivity index (χ4v) is 8.54. The number of aliphatic hydroxyl groups excluding tert-OH is 1. The Morgan fingerprint density at radius 1 is 0.632 bits per heavy atom. The lowest BCUT2D eigenvalue weighted by molar-refractivity contribution is -0.163. The standard InChI is InChI=1S/C55H84N14O18/c1-34(71)67(82)19-5-8-38(28-47(76)44(10-7-21-69(84)36(3)73)63-53(79)43(56)9-6-20-68(83)35(2)72)46(75)30-40(33-70)52(78)60-18-23-86-25-27-87-26-24-85-22-17-59-48(77)16-13-39(54(80)81)29-45(74)37-11-14-42(15-12-37)66(4)32-41-31-61-51-49(62-41)50(57)64-55(58)65-51/h11-12,14-15,31,38-40,43-44,70,82-84H,5-10,13,16-30,32-33,56H2,1-4H3,(H,59,77)(H,60,78)(H,63,79)(H,80,81)(H4,57,58,61,64,65)/t38-,39+,40+,43+,44+/m1/s1. The summed E-state index contributed by atoms with van der Waals surface area (Å²) in [5.41, 5.74) is 19.8. The van der Waals surface area contributed by atoms with Gasteiger partial charge < -0.3 is 62.5 Å². The molecular weight excluding hydrogens is 1140 g/mol. The molecule has 0 radical (unpaired) electrons. The van der Waals surface area contributed by atoms with Crippen LogP contribution in [-0.4, -0.2) is 218 Å². The van der Waals surface area contributed by atoms with Crippen LogP contribution in [0, 0.1) is 17.8 Å². The molecule has 2 heterocycles. The maximum Gasteiger partial charge on any atom is 0.306 e. The van der Waals surface area contributed by atoms with E-state index in [4.69, 9.17) is 31.4 Å². The Balaban J connectivity index is 1.36. The molecule has 1 aromatic carbocycles. The number of hydrogen-bond donors (Lipinski definition) is 11. The number of Topliss-reactive ketones (excluding diaryl/α,β-unsaturated/α-hetero) is 3. The van der Waals surface area contributed by atoms with Crippen LogP contribution in [0.25, 0.3) is 11.2 Å². The van der Waals surface area contributed by atoms with E-state index in [9.17, 15) is 73.8 Å². The van der Waals surface area contributed by atoms with Crippen molar-refractivity contribution in [3.63, 3.8) is 0 Å². The van der Waals surface area contributed by atoms with Crippen molar-refractivity contribution in [2.45, 2.75) is 110 Å². The fraction of sp³-hybridized carbons (Fsp3) is 0.600. The monoisotopic (exact) mass is 1230 g/mol. The zero-order chi connectivity index (χ0) is 64.6. The number of nitrogen functional groups attached to an aromatic ring is 2. The Hall–Kier alpha value is -7.98. The van der Waals surface area contributed by atoms with Gasteiger partial charge >= 0.3 is 5.97 Å². The molecule has 0 spiro atoms. The molecule has 0 aliphatic rings. The first kappa shape index (κ1) is 73.3. The van der Waals surface area contributed by atoms with Crippen LogP contribution in [0.5, 0.6) is 0 Å². The van der Waals surface area contributed by atoms with Gasteiger partial charge in [0.05, 0.1) is 88.6 Å². The van der Waals surface area contributed by atoms with Gasteiger partial charge in [-0.1, -0.05) is 0 Å². The van der Waals surface area contributed by atoms with E-state index in [2.05, 4.69) is 35.9 Å². The van der Waals surface area contributed by atoms with Crippen LogP contribution in [0.2, 0.25) is 0 Å². The molecule has 0 fully saturated rings. The summed E-state index contributed by atoms with van der Waals surface area (Å²) in [6, 6.07) is 4.18. The minimum atomic E-state index is -1.27. The lowest BCUT2D eigenvalue weighted by Crippen LogP contribution is -2.49. The number of carbonyl (C=O) groups is 10. The Labute approximate surface area is 502 Å². The van der Waals surface area contributed by atoms with Crippen molar-refractivity contribution in [2.75, 3.05) is 102 Å². The molecule has 0 saturated carbocycles. The van der Waals surface area contributed by atoms with Crippen molar-refractivity contribution in [1.29, 1.82) is 0 Å². The van der Waals surface area contributed by atoms with Crippen molar-refractivity contribution in [1.82, 2.24) is 51.1 Å². The molecule has 2 aromatic heterocycles. The van der Waals surface area contributed by atoms with Crippen LogP contribution in [-0.2, 0) is 63.9 Å². The zero-order valence-corrected chi connectivity index (χ0v) is 49.6. The van der Waals surface area contributed by atoms with Crippen LogP contribution in [0.3, 0.4) is 0 Å². The molecule has 87 heavy (non-hydrogen) atoms. The lowest BCUT2D eigenvalue weighted by atomic mass is 9.85. The van der Waals surface area contributed by atoms with Gasteiger partial charge in [-0.2, -0.15) is 9.97 Å². The van der Waals surface area contributed by atoms with Gasteiger partial charge in [0.15, 0.2) is 28.5 Å². The minimum absolute atomic E-state index is 0.00807. The molecule has 5 atom stereocenters. The number of rotatable bonds is 44. The van der Waals surface area contributed by atoms with E-state index in [1.54, 1.807) is 30.5 Å². The number of hydroxylamine groups is 6. The van der Waals surface area contributed by atoms with E-state index < -0.39 is 108 Å². The van der Waals surface area contributed by atoms with Gasteiger partial charge in [0, 0.05) is 103 Å². The number of amides is 6. The predicted octanol–water partition coefficient (Wildman–Crippen LogP) is -0.435. The molecule has 3 aromatic rings. The summed E-state index contributed by atoms with van der Waals surface area (Å²) >= 11 is 0. The molecule has 32 heteroatoms. The normalized spacial score (nSPS) is 12.9. The second kappa shape index (κ2) is 38.9. The van der Waals surface area contributed by atoms with Crippen molar-refractivity contribution in [3.05, 3.63) is 41.7 Å². The first-order valence-electron chi connectivity index (χ1n) is 28.3. The van der Waals surface area contributed by atoms with Crippen LogP contribution in [0.4, 0.5) is 17.5 Å². The number of aliphatic carboxylic acids is 1. The van der Waals surface area contributed by atoms with Crippen LogP contribution >= 0.6 is 0 Å². The van der Waals surface area contributed by atoms with Gasteiger partial charge in [0.25, 0.3) is 0 Å². The number of nitrogens with two attached hydrogens (primary N) is 3. The number of carboxylic acid groups (broad SMARTS) is 1. The summed E-state index contributed by atoms with van der Waals surface area (Å²) in [5, 5.41) is 58.5. The number of carboxylic acids is 1. The predicted molar refractivity (Wildman–Crippen MR) is 309 cm³/mol. The summed E-state index contributed by atoms with van der Waals surface area (Å²) in [6.45, 7) is 3.40. The average molecular weight is 1230 g/mol. The Morgan fingerprint density at radius 2 is 1.17 bits per heavy atom. The van der Waals surface area contributed by atoms with Crippen LogP contribution in [0.15, 0.2) is 30.5 Å². The van der Waals surface area contributed by atoms with Crippen molar-refractivity contribution in [3.8, 4) is 0 Å². The molecule has 482 valence electrons. The molecule has 3 rings (SSSR count). The number of nitrogens with zero attached hydrogens (tertiary/aromatic N) is 8. The highest BCUT2D eigenvalue weighted by Crippen LogP contribution is 2.23. The molecule has 0 aliphatic heterocycles. The second-order valence-electron chi connectivity index (χ2n) is 20.5. The number of ether oxygens (including phenoxy) is 3. The minimum Gasteiger partial charge on any atom is -0.481 e. The number of nitrogens with one attached hydrogen (secondary N) is 3. The van der Waals surface area contributed by atoms with Crippen LogP contribution in [0.1, 0.15) is 107 Å². The first-order valence-corrected chi connectivity index (χ1v) is 28.3. The summed E-state index contributed by atoms with van der Waals surface area (Å²) in [4.78, 5) is 145. The van der Waals surface area contributed by atoms with Gasteiger partial charge in [-0.15, -0.1) is 0 Å². The number of aliphatic hydroxyl groups is 1. The average Bonchev–Trinajstić information content (AvgIpc) is 2.65. The molecule has 0 aliphatic carbocycles. The third kappa shape index (κ3) is 27.5. The number of carbonyl (C=O) groups excluding carboxylic acids is 9. The number of aromatic nitrogens is 4. The smallest absolute Gasteiger partial charge is 0.306 e. The summed E-state index contributed by atoms with van der Waals surface area (Å²) in [6.07, 6.45) is 0.0996. The number of hydrogen-bond acceptors (Lipinski definition) is 25. The second-order valence-corrected chi connectivity index (χ2v) is 20.5. The maximum atomic E-state index is 13.9. The lowest BCUT2D eigenvalue weighted by Gasteiger charge is -2.24. The quantitative estimate of drug-likeness (QED) is 0.0148. The van der Waals surface area contributed by atoms with Crippen LogP contribution < -0.4 is 38.1 Å². The fourth-order valence-electron chi connectivity index (χ4n) is 8.54. The number of ketones is 3. The van der Waals surface area contributed by atoms with E-state index in [1.165, 1.54) is 0 Å². The molecule has 32 nitrogen and oxygen atoms in total. The SMILES string of the molecule is CC(=O)N(O)CCC[C@H](CC(=O)[C@H](CCCN(O)C(C)=O)NC(=O)[C@@H](N)CCCN(O)C(C)=O)C(=O)C[C@@H](CO)C(=O)NCCOCCOCCOCCNC(=O)CC[C@@H](CC(=O)c1ccc(N(C)Cc2cnc3nc(N)nc(N)c3n2)cc1)C(=O)O. The number of benzene rings is 1. The van der Waals surface area contributed by atoms with Crippen molar-refractivity contribution in [2.24, 2.45) is 23.5 Å². The Morgan fingerprint density at radius 3 is 1.74 bits per heavy atom. The largest absolute Gasteiger partial charge is 0.481 e. The topological polar surface area (TPSA) is 478 Å². The third-order valence-corrected chi connectivity index (χ3v) is 13.6. The van der Waals surface area contributed by atoms with E-state index in [0.29, 0.717) is 38.5 Å². The van der Waals surface area contributed by atoms with Gasteiger partial charge in [-0.3, -0.25) is 63.6 Å². The highest BCUT2D eigenvalue weighted by atomic mass is 16.5. The molecule has 0 unspecified atom stereocenters.